The molecule has 0 aliphatic heterocycles. The van der Waals surface area contributed by atoms with Gasteiger partial charge in [0.15, 0.2) is 0 Å². The Morgan fingerprint density at radius 2 is 1.95 bits per heavy atom. The van der Waals surface area contributed by atoms with Crippen molar-refractivity contribution in [3.63, 3.8) is 0 Å². The van der Waals surface area contributed by atoms with Gasteiger partial charge in [-0.2, -0.15) is 0 Å². The van der Waals surface area contributed by atoms with Crippen LogP contribution in [0.1, 0.15) is 31.9 Å². The molecule has 2 unspecified atom stereocenters. The number of esters is 1. The monoisotopic (exact) mass is 299 g/mol. The molecule has 1 rings (SSSR count). The summed E-state index contributed by atoms with van der Waals surface area (Å²) >= 11 is 5.80. The molecule has 1 aromatic carbocycles. The lowest BCUT2D eigenvalue weighted by molar-refractivity contribution is -0.143. The summed E-state index contributed by atoms with van der Waals surface area (Å²) in [5.41, 5.74) is 0.759. The molecule has 0 heterocycles. The smallest absolute Gasteiger partial charge is 0.322 e. The normalized spacial score (nSPS) is 14.1. The van der Waals surface area contributed by atoms with Crippen molar-refractivity contribution < 1.29 is 14.6 Å². The van der Waals surface area contributed by atoms with Crippen molar-refractivity contribution in [3.05, 3.63) is 34.9 Å². The van der Waals surface area contributed by atoms with Crippen LogP contribution < -0.4 is 5.32 Å². The number of aliphatic hydroxyl groups is 1. The van der Waals surface area contributed by atoms with Crippen molar-refractivity contribution in [1.82, 2.24) is 5.32 Å². The molecule has 5 heteroatoms. The number of rotatable bonds is 7. The van der Waals surface area contributed by atoms with Gasteiger partial charge >= 0.3 is 5.97 Å². The van der Waals surface area contributed by atoms with Gasteiger partial charge in [-0.05, 0) is 30.0 Å². The van der Waals surface area contributed by atoms with Gasteiger partial charge in [-0.25, -0.2) is 0 Å². The molecule has 0 aliphatic rings. The largest absolute Gasteiger partial charge is 0.468 e. The zero-order valence-electron chi connectivity index (χ0n) is 12.1. The Bertz CT molecular complexity index is 420. The molecule has 0 saturated heterocycles. The summed E-state index contributed by atoms with van der Waals surface area (Å²) in [5.74, 6) is 0.0567. The van der Waals surface area contributed by atoms with E-state index in [2.05, 4.69) is 5.32 Å². The second kappa shape index (κ2) is 8.25. The predicted octanol–water partition coefficient (Wildman–Crippen LogP) is 2.55. The topological polar surface area (TPSA) is 58.6 Å². The molecule has 20 heavy (non-hydrogen) atoms. The standard InChI is InChI=1S/C15H22ClNO3/c1-10(2)8-13(15(19)20-3)17-9-14(18)11-4-6-12(16)7-5-11/h4-7,10,13-14,17-18H,8-9H2,1-3H3. The van der Waals surface area contributed by atoms with Crippen LogP contribution in [0, 0.1) is 5.92 Å². The molecule has 2 N–H and O–H groups in total. The van der Waals surface area contributed by atoms with Crippen LogP contribution in [-0.4, -0.2) is 30.8 Å². The molecule has 1 aromatic rings. The molecule has 112 valence electrons. The van der Waals surface area contributed by atoms with E-state index in [1.807, 2.05) is 13.8 Å². The first-order chi connectivity index (χ1) is 9.43. The molecule has 0 saturated carbocycles. The van der Waals surface area contributed by atoms with Crippen molar-refractivity contribution in [2.24, 2.45) is 5.92 Å². The van der Waals surface area contributed by atoms with Gasteiger partial charge in [-0.15, -0.1) is 0 Å². The predicted molar refractivity (Wildman–Crippen MR) is 79.7 cm³/mol. The first-order valence-corrected chi connectivity index (χ1v) is 7.06. The van der Waals surface area contributed by atoms with Crippen LogP contribution in [0.4, 0.5) is 0 Å². The quantitative estimate of drug-likeness (QED) is 0.760. The third kappa shape index (κ3) is 5.49. The summed E-state index contributed by atoms with van der Waals surface area (Å²) in [6.07, 6.45) is -0.0217. The summed E-state index contributed by atoms with van der Waals surface area (Å²) in [6, 6.07) is 6.59. The minimum absolute atomic E-state index is 0.286. The van der Waals surface area contributed by atoms with Crippen LogP contribution in [0.25, 0.3) is 0 Å². The maximum atomic E-state index is 11.7. The second-order valence-corrected chi connectivity index (χ2v) is 5.62. The molecule has 0 aliphatic carbocycles. The van der Waals surface area contributed by atoms with Crippen molar-refractivity contribution in [2.75, 3.05) is 13.7 Å². The van der Waals surface area contributed by atoms with Crippen molar-refractivity contribution >= 4 is 17.6 Å². The Labute approximate surface area is 125 Å². The number of hydrogen-bond acceptors (Lipinski definition) is 4. The summed E-state index contributed by atoms with van der Waals surface area (Å²) in [6.45, 7) is 4.36. The number of ether oxygens (including phenoxy) is 1. The number of hydrogen-bond donors (Lipinski definition) is 2. The van der Waals surface area contributed by atoms with E-state index in [0.717, 1.165) is 5.56 Å². The Balaban J connectivity index is 2.57. The number of carbonyl (C=O) groups is 1. The van der Waals surface area contributed by atoms with Crippen LogP contribution in [-0.2, 0) is 9.53 Å². The van der Waals surface area contributed by atoms with Crippen LogP contribution in [0.15, 0.2) is 24.3 Å². The molecule has 0 amide bonds. The number of halogens is 1. The number of aliphatic hydroxyl groups excluding tert-OH is 1. The van der Waals surface area contributed by atoms with Crippen LogP contribution in [0.3, 0.4) is 0 Å². The van der Waals surface area contributed by atoms with E-state index in [1.165, 1.54) is 7.11 Å². The van der Waals surface area contributed by atoms with Crippen molar-refractivity contribution in [3.8, 4) is 0 Å². The highest BCUT2D eigenvalue weighted by molar-refractivity contribution is 6.30. The average molecular weight is 300 g/mol. The maximum Gasteiger partial charge on any atom is 0.322 e. The molecule has 0 spiro atoms. The SMILES string of the molecule is COC(=O)C(CC(C)C)NCC(O)c1ccc(Cl)cc1. The highest BCUT2D eigenvalue weighted by Gasteiger charge is 2.21. The molecule has 2 atom stereocenters. The lowest BCUT2D eigenvalue weighted by Gasteiger charge is -2.20. The zero-order chi connectivity index (χ0) is 15.1. The number of benzene rings is 1. The van der Waals surface area contributed by atoms with Gasteiger partial charge in [0.25, 0.3) is 0 Å². The molecular weight excluding hydrogens is 278 g/mol. The number of carbonyl (C=O) groups excluding carboxylic acids is 1. The van der Waals surface area contributed by atoms with E-state index in [-0.39, 0.29) is 12.5 Å². The summed E-state index contributed by atoms with van der Waals surface area (Å²) < 4.78 is 4.77. The lowest BCUT2D eigenvalue weighted by Crippen LogP contribution is -2.40. The van der Waals surface area contributed by atoms with E-state index in [9.17, 15) is 9.90 Å². The first kappa shape index (κ1) is 17.0. The maximum absolute atomic E-state index is 11.7. The Morgan fingerprint density at radius 1 is 1.35 bits per heavy atom. The van der Waals surface area contributed by atoms with Crippen molar-refractivity contribution in [2.45, 2.75) is 32.4 Å². The van der Waals surface area contributed by atoms with Gasteiger partial charge in [0.1, 0.15) is 6.04 Å². The van der Waals surface area contributed by atoms with E-state index < -0.39 is 12.1 Å². The summed E-state index contributed by atoms with van der Waals surface area (Å²) in [7, 11) is 1.37. The van der Waals surface area contributed by atoms with Gasteiger partial charge in [-0.3, -0.25) is 4.79 Å². The highest BCUT2D eigenvalue weighted by atomic mass is 35.5. The molecule has 4 nitrogen and oxygen atoms in total. The van der Waals surface area contributed by atoms with Gasteiger partial charge in [0.05, 0.1) is 13.2 Å². The summed E-state index contributed by atoms with van der Waals surface area (Å²) in [4.78, 5) is 11.7. The van der Waals surface area contributed by atoms with Gasteiger partial charge in [0.2, 0.25) is 0 Å². The molecule has 0 aromatic heterocycles. The van der Waals surface area contributed by atoms with E-state index in [4.69, 9.17) is 16.3 Å². The van der Waals surface area contributed by atoms with Crippen molar-refractivity contribution in [1.29, 1.82) is 0 Å². The average Bonchev–Trinajstić information content (AvgIpc) is 2.42. The van der Waals surface area contributed by atoms with Gasteiger partial charge < -0.3 is 15.2 Å². The molecular formula is C15H22ClNO3. The Kier molecular flexibility index (Phi) is 6.99. The van der Waals surface area contributed by atoms with Crippen LogP contribution in [0.2, 0.25) is 5.02 Å². The Hall–Kier alpha value is -1.10. The van der Waals surface area contributed by atoms with E-state index >= 15 is 0 Å². The molecule has 0 radical (unpaired) electrons. The fourth-order valence-electron chi connectivity index (χ4n) is 1.93. The summed E-state index contributed by atoms with van der Waals surface area (Å²) in [5, 5.41) is 13.8. The second-order valence-electron chi connectivity index (χ2n) is 5.18. The lowest BCUT2D eigenvalue weighted by atomic mass is 10.0. The van der Waals surface area contributed by atoms with Gasteiger partial charge in [-0.1, -0.05) is 37.6 Å². The van der Waals surface area contributed by atoms with Crippen LogP contribution >= 0.6 is 11.6 Å². The van der Waals surface area contributed by atoms with E-state index in [1.54, 1.807) is 24.3 Å². The fourth-order valence-corrected chi connectivity index (χ4v) is 2.06. The molecule has 0 fully saturated rings. The number of methoxy groups -OCH3 is 1. The minimum atomic E-state index is -0.688. The Morgan fingerprint density at radius 3 is 2.45 bits per heavy atom. The fraction of sp³-hybridized carbons (Fsp3) is 0.533. The van der Waals surface area contributed by atoms with Gasteiger partial charge in [0, 0.05) is 11.6 Å². The minimum Gasteiger partial charge on any atom is -0.468 e. The van der Waals surface area contributed by atoms with E-state index in [0.29, 0.717) is 17.4 Å². The number of nitrogens with one attached hydrogen (secondary N) is 1. The third-order valence-corrected chi connectivity index (χ3v) is 3.26. The zero-order valence-corrected chi connectivity index (χ0v) is 12.9. The first-order valence-electron chi connectivity index (χ1n) is 6.68. The highest BCUT2D eigenvalue weighted by Crippen LogP contribution is 2.16. The third-order valence-electron chi connectivity index (χ3n) is 3.01. The molecule has 0 bridgehead atoms. The van der Waals surface area contributed by atoms with Crippen LogP contribution in [0.5, 0.6) is 0 Å².